The maximum Gasteiger partial charge on any atom is 0.306 e. The third kappa shape index (κ3) is 44.5. The zero-order valence-corrected chi connectivity index (χ0v) is 41.1. The normalized spacial score (nSPS) is 12.9. The Hall–Kier alpha value is -1.59. The van der Waals surface area contributed by atoms with E-state index in [1.54, 1.807) is 0 Å². The summed E-state index contributed by atoms with van der Waals surface area (Å²) in [5, 5.41) is 0. The molecule has 0 rings (SSSR count). The van der Waals surface area contributed by atoms with Crippen molar-refractivity contribution < 1.29 is 28.6 Å². The van der Waals surface area contributed by atoms with Gasteiger partial charge < -0.3 is 14.2 Å². The summed E-state index contributed by atoms with van der Waals surface area (Å²) in [6.45, 7) is 11.4. The van der Waals surface area contributed by atoms with Crippen LogP contribution in [0, 0.1) is 11.8 Å². The molecular formula is C54H104O6. The summed E-state index contributed by atoms with van der Waals surface area (Å²) in [7, 11) is 0. The molecule has 0 aliphatic heterocycles. The summed E-state index contributed by atoms with van der Waals surface area (Å²) in [4.78, 5) is 38.0. The molecule has 0 aromatic heterocycles. The maximum atomic E-state index is 12.8. The van der Waals surface area contributed by atoms with E-state index in [1.165, 1.54) is 186 Å². The quantitative estimate of drug-likeness (QED) is 0.0345. The average Bonchev–Trinajstić information content (AvgIpc) is 3.25. The number of carbonyl (C=O) groups is 3. The van der Waals surface area contributed by atoms with Gasteiger partial charge in [-0.25, -0.2) is 0 Å². The Morgan fingerprint density at radius 1 is 0.333 bits per heavy atom. The molecule has 0 aromatic carbocycles. The predicted molar refractivity (Wildman–Crippen MR) is 256 cm³/mol. The lowest BCUT2D eigenvalue weighted by atomic mass is 9.99. The molecule has 0 aromatic rings. The molecule has 0 N–H and O–H groups in total. The standard InChI is InChI=1S/C54H104O6/c1-6-9-10-11-12-13-14-15-16-17-24-29-34-39-44-52(55)58-47-51(60-54(57)46-41-36-31-26-21-19-23-28-33-38-43-50(5)8-3)48-59-53(56)45-40-35-30-25-20-18-22-27-32-37-42-49(4)7-2/h49-51H,6-48H2,1-5H3/t49?,50?,51-/m0/s1. The Balaban J connectivity index is 4.33. The largest absolute Gasteiger partial charge is 0.462 e. The molecule has 6 nitrogen and oxygen atoms in total. The number of unbranched alkanes of at least 4 members (excludes halogenated alkanes) is 31. The Morgan fingerprint density at radius 2 is 0.583 bits per heavy atom. The van der Waals surface area contributed by atoms with Crippen LogP contribution >= 0.6 is 0 Å². The van der Waals surface area contributed by atoms with E-state index in [4.69, 9.17) is 14.2 Å². The first-order valence-corrected chi connectivity index (χ1v) is 26.8. The highest BCUT2D eigenvalue weighted by Gasteiger charge is 2.19. The molecule has 0 fully saturated rings. The van der Waals surface area contributed by atoms with E-state index >= 15 is 0 Å². The van der Waals surface area contributed by atoms with Crippen LogP contribution in [-0.2, 0) is 28.6 Å². The fourth-order valence-corrected chi connectivity index (χ4v) is 8.10. The third-order valence-electron chi connectivity index (χ3n) is 12.9. The van der Waals surface area contributed by atoms with Crippen molar-refractivity contribution in [2.24, 2.45) is 11.8 Å². The number of esters is 3. The second-order valence-electron chi connectivity index (χ2n) is 19.0. The minimum atomic E-state index is -0.762. The number of hydrogen-bond acceptors (Lipinski definition) is 6. The van der Waals surface area contributed by atoms with Crippen molar-refractivity contribution >= 4 is 17.9 Å². The summed E-state index contributed by atoms with van der Waals surface area (Å²) in [5.74, 6) is 0.891. The first kappa shape index (κ1) is 58.4. The second kappa shape index (κ2) is 46.9. The molecule has 3 atom stereocenters. The molecule has 0 bridgehead atoms. The highest BCUT2D eigenvalue weighted by Crippen LogP contribution is 2.18. The molecule has 0 spiro atoms. The molecule has 6 heteroatoms. The van der Waals surface area contributed by atoms with Crippen molar-refractivity contribution in [2.45, 2.75) is 304 Å². The molecular weight excluding hydrogens is 745 g/mol. The summed E-state index contributed by atoms with van der Waals surface area (Å²) in [5.41, 5.74) is 0. The lowest BCUT2D eigenvalue weighted by Gasteiger charge is -2.18. The molecule has 60 heavy (non-hydrogen) atoms. The van der Waals surface area contributed by atoms with Gasteiger partial charge >= 0.3 is 17.9 Å². The monoisotopic (exact) mass is 849 g/mol. The molecule has 0 radical (unpaired) electrons. The van der Waals surface area contributed by atoms with Crippen LogP contribution in [0.3, 0.4) is 0 Å². The van der Waals surface area contributed by atoms with Crippen molar-refractivity contribution in [2.75, 3.05) is 13.2 Å². The van der Waals surface area contributed by atoms with Crippen LogP contribution in [0.2, 0.25) is 0 Å². The van der Waals surface area contributed by atoms with Crippen molar-refractivity contribution in [1.29, 1.82) is 0 Å². The zero-order chi connectivity index (χ0) is 44.0. The summed E-state index contributed by atoms with van der Waals surface area (Å²) in [6.07, 6.45) is 47.8. The third-order valence-corrected chi connectivity index (χ3v) is 12.9. The zero-order valence-electron chi connectivity index (χ0n) is 41.1. The van der Waals surface area contributed by atoms with Crippen LogP contribution in [0.4, 0.5) is 0 Å². The highest BCUT2D eigenvalue weighted by atomic mass is 16.6. The minimum Gasteiger partial charge on any atom is -0.462 e. The molecule has 356 valence electrons. The van der Waals surface area contributed by atoms with Crippen LogP contribution in [0.15, 0.2) is 0 Å². The van der Waals surface area contributed by atoms with E-state index < -0.39 is 6.10 Å². The van der Waals surface area contributed by atoms with Crippen LogP contribution in [0.25, 0.3) is 0 Å². The van der Waals surface area contributed by atoms with Gasteiger partial charge in [0.05, 0.1) is 0 Å². The van der Waals surface area contributed by atoms with Crippen molar-refractivity contribution in [3.63, 3.8) is 0 Å². The summed E-state index contributed by atoms with van der Waals surface area (Å²) in [6, 6.07) is 0. The van der Waals surface area contributed by atoms with Crippen LogP contribution < -0.4 is 0 Å². The Bertz CT molecular complexity index is 920. The smallest absolute Gasteiger partial charge is 0.306 e. The molecule has 0 aliphatic rings. The Labute approximate surface area is 374 Å². The van der Waals surface area contributed by atoms with E-state index in [0.29, 0.717) is 19.3 Å². The van der Waals surface area contributed by atoms with Gasteiger partial charge in [-0.3, -0.25) is 14.4 Å². The SMILES string of the molecule is CCCCCCCCCCCCCCCCC(=O)OC[C@@H](COC(=O)CCCCCCCCCCCCC(C)CC)OC(=O)CCCCCCCCCCCCC(C)CC. The Kier molecular flexibility index (Phi) is 45.7. The van der Waals surface area contributed by atoms with Gasteiger partial charge in [0.2, 0.25) is 0 Å². The lowest BCUT2D eigenvalue weighted by molar-refractivity contribution is -0.167. The van der Waals surface area contributed by atoms with E-state index in [0.717, 1.165) is 69.6 Å². The second-order valence-corrected chi connectivity index (χ2v) is 19.0. The van der Waals surface area contributed by atoms with E-state index in [1.807, 2.05) is 0 Å². The lowest BCUT2D eigenvalue weighted by Crippen LogP contribution is -2.30. The minimum absolute atomic E-state index is 0.0635. The average molecular weight is 849 g/mol. The molecule has 0 saturated heterocycles. The van der Waals surface area contributed by atoms with Gasteiger partial charge in [0.1, 0.15) is 13.2 Å². The van der Waals surface area contributed by atoms with Gasteiger partial charge in [0, 0.05) is 19.3 Å². The van der Waals surface area contributed by atoms with Gasteiger partial charge in [-0.1, -0.05) is 259 Å². The number of hydrogen-bond donors (Lipinski definition) is 0. The number of rotatable bonds is 48. The molecule has 0 saturated carbocycles. The predicted octanol–water partition coefficient (Wildman–Crippen LogP) is 17.3. The number of carbonyl (C=O) groups excluding carboxylic acids is 3. The summed E-state index contributed by atoms with van der Waals surface area (Å²) >= 11 is 0. The van der Waals surface area contributed by atoms with Crippen LogP contribution in [0.5, 0.6) is 0 Å². The molecule has 0 heterocycles. The summed E-state index contributed by atoms with van der Waals surface area (Å²) < 4.78 is 16.8. The van der Waals surface area contributed by atoms with Crippen molar-refractivity contribution in [1.82, 2.24) is 0 Å². The first-order valence-electron chi connectivity index (χ1n) is 26.8. The maximum absolute atomic E-state index is 12.8. The van der Waals surface area contributed by atoms with Gasteiger partial charge in [-0.05, 0) is 31.1 Å². The van der Waals surface area contributed by atoms with E-state index in [2.05, 4.69) is 34.6 Å². The Morgan fingerprint density at radius 3 is 0.867 bits per heavy atom. The molecule has 0 aliphatic carbocycles. The van der Waals surface area contributed by atoms with Gasteiger partial charge in [-0.15, -0.1) is 0 Å². The van der Waals surface area contributed by atoms with Crippen molar-refractivity contribution in [3.8, 4) is 0 Å². The fraction of sp³-hybridized carbons (Fsp3) is 0.944. The fourth-order valence-electron chi connectivity index (χ4n) is 8.10. The van der Waals surface area contributed by atoms with E-state index in [-0.39, 0.29) is 31.1 Å². The van der Waals surface area contributed by atoms with E-state index in [9.17, 15) is 14.4 Å². The van der Waals surface area contributed by atoms with Crippen LogP contribution in [0.1, 0.15) is 298 Å². The van der Waals surface area contributed by atoms with Gasteiger partial charge in [-0.2, -0.15) is 0 Å². The first-order chi connectivity index (χ1) is 29.3. The van der Waals surface area contributed by atoms with Crippen LogP contribution in [-0.4, -0.2) is 37.2 Å². The molecule has 2 unspecified atom stereocenters. The van der Waals surface area contributed by atoms with Crippen molar-refractivity contribution in [3.05, 3.63) is 0 Å². The van der Waals surface area contributed by atoms with Gasteiger partial charge in [0.25, 0.3) is 0 Å². The van der Waals surface area contributed by atoms with Gasteiger partial charge in [0.15, 0.2) is 6.10 Å². The topological polar surface area (TPSA) is 78.9 Å². The highest BCUT2D eigenvalue weighted by molar-refractivity contribution is 5.71. The number of ether oxygens (including phenoxy) is 3. The molecule has 0 amide bonds.